The Bertz CT molecular complexity index is 477. The second-order valence-electron chi connectivity index (χ2n) is 5.97. The molecule has 2 N–H and O–H groups in total. The van der Waals surface area contributed by atoms with Crippen LogP contribution in [-0.4, -0.2) is 29.9 Å². The molecule has 1 saturated carbocycles. The molecule has 1 aromatic carbocycles. The molecule has 1 aromatic rings. The number of nitrogens with two attached hydrogens (primary N) is 1. The first-order valence-electron chi connectivity index (χ1n) is 7.27. The van der Waals surface area contributed by atoms with Gasteiger partial charge in [-0.25, -0.2) is 0 Å². The molecule has 0 radical (unpaired) electrons. The van der Waals surface area contributed by atoms with E-state index in [0.29, 0.717) is 18.0 Å². The molecular weight excluding hydrogens is 236 g/mol. The van der Waals surface area contributed by atoms with E-state index in [1.165, 1.54) is 11.1 Å². The lowest BCUT2D eigenvalue weighted by Crippen LogP contribution is -2.45. The summed E-state index contributed by atoms with van der Waals surface area (Å²) in [6, 6.07) is 9.01. The van der Waals surface area contributed by atoms with Gasteiger partial charge in [0.25, 0.3) is 0 Å². The van der Waals surface area contributed by atoms with E-state index in [1.807, 2.05) is 24.1 Å². The van der Waals surface area contributed by atoms with E-state index in [4.69, 9.17) is 5.73 Å². The Morgan fingerprint density at radius 3 is 2.58 bits per heavy atom. The van der Waals surface area contributed by atoms with Crippen LogP contribution < -0.4 is 5.73 Å². The molecule has 1 atom stereocenters. The average molecular weight is 258 g/mol. The zero-order chi connectivity index (χ0) is 13.4. The minimum absolute atomic E-state index is 0.0943. The maximum atomic E-state index is 12.6. The van der Waals surface area contributed by atoms with Gasteiger partial charge < -0.3 is 10.6 Å². The van der Waals surface area contributed by atoms with Crippen LogP contribution in [-0.2, 0) is 11.2 Å². The highest BCUT2D eigenvalue weighted by atomic mass is 16.2. The highest BCUT2D eigenvalue weighted by Gasteiger charge is 2.36. The van der Waals surface area contributed by atoms with Crippen molar-refractivity contribution in [3.05, 3.63) is 35.4 Å². The highest BCUT2D eigenvalue weighted by Crippen LogP contribution is 2.37. The van der Waals surface area contributed by atoms with Crippen LogP contribution in [0.4, 0.5) is 0 Å². The van der Waals surface area contributed by atoms with Gasteiger partial charge in [-0.3, -0.25) is 4.79 Å². The Labute approximate surface area is 114 Å². The summed E-state index contributed by atoms with van der Waals surface area (Å²) in [5, 5.41) is 0. The van der Waals surface area contributed by atoms with Crippen molar-refractivity contribution < 1.29 is 4.79 Å². The smallest absolute Gasteiger partial charge is 0.230 e. The molecule has 0 bridgehead atoms. The van der Waals surface area contributed by atoms with Gasteiger partial charge in [0.2, 0.25) is 5.91 Å². The number of fused-ring (bicyclic) bond motifs is 1. The Morgan fingerprint density at radius 1 is 1.21 bits per heavy atom. The number of carbonyl (C=O) groups excluding carboxylic acids is 1. The number of amides is 1. The average Bonchev–Trinajstić information content (AvgIpc) is 2.40. The third-order valence-electron chi connectivity index (χ3n) is 4.79. The summed E-state index contributed by atoms with van der Waals surface area (Å²) >= 11 is 0. The van der Waals surface area contributed by atoms with E-state index in [2.05, 4.69) is 12.1 Å². The molecule has 102 valence electrons. The van der Waals surface area contributed by atoms with Crippen LogP contribution in [0.1, 0.15) is 42.7 Å². The van der Waals surface area contributed by atoms with Crippen LogP contribution >= 0.6 is 0 Å². The van der Waals surface area contributed by atoms with Crippen molar-refractivity contribution in [1.29, 1.82) is 0 Å². The van der Waals surface area contributed by atoms with Crippen molar-refractivity contribution in [3.63, 3.8) is 0 Å². The van der Waals surface area contributed by atoms with Crippen molar-refractivity contribution in [2.75, 3.05) is 7.05 Å². The largest absolute Gasteiger partial charge is 0.342 e. The zero-order valence-corrected chi connectivity index (χ0v) is 11.5. The van der Waals surface area contributed by atoms with E-state index >= 15 is 0 Å². The van der Waals surface area contributed by atoms with E-state index in [9.17, 15) is 4.79 Å². The van der Waals surface area contributed by atoms with Gasteiger partial charge in [-0.15, -0.1) is 0 Å². The lowest BCUT2D eigenvalue weighted by Gasteiger charge is -2.38. The minimum atomic E-state index is 0.0943. The predicted octanol–water partition coefficient (Wildman–Crippen LogP) is 2.05. The number of rotatable bonds is 2. The van der Waals surface area contributed by atoms with Gasteiger partial charge in [-0.1, -0.05) is 24.3 Å². The zero-order valence-electron chi connectivity index (χ0n) is 11.5. The van der Waals surface area contributed by atoms with Crippen LogP contribution in [0.15, 0.2) is 24.3 Å². The van der Waals surface area contributed by atoms with Crippen LogP contribution in [0.25, 0.3) is 0 Å². The lowest BCUT2D eigenvalue weighted by molar-refractivity contribution is -0.134. The molecular formula is C16H22N2O. The summed E-state index contributed by atoms with van der Waals surface area (Å²) in [5.74, 6) is 0.385. The second-order valence-corrected chi connectivity index (χ2v) is 5.97. The van der Waals surface area contributed by atoms with E-state index in [0.717, 1.165) is 32.1 Å². The number of benzene rings is 1. The van der Waals surface area contributed by atoms with Gasteiger partial charge in [0.05, 0.1) is 5.92 Å². The summed E-state index contributed by atoms with van der Waals surface area (Å²) < 4.78 is 0. The maximum Gasteiger partial charge on any atom is 0.230 e. The first kappa shape index (κ1) is 12.7. The van der Waals surface area contributed by atoms with Gasteiger partial charge in [-0.2, -0.15) is 0 Å². The van der Waals surface area contributed by atoms with Crippen molar-refractivity contribution in [3.8, 4) is 0 Å². The summed E-state index contributed by atoms with van der Waals surface area (Å²) in [6.07, 6.45) is 5.11. The molecule has 3 rings (SSSR count). The number of hydrogen-bond acceptors (Lipinski definition) is 2. The molecule has 1 fully saturated rings. The maximum absolute atomic E-state index is 12.6. The predicted molar refractivity (Wildman–Crippen MR) is 75.9 cm³/mol. The monoisotopic (exact) mass is 258 g/mol. The molecule has 1 unspecified atom stereocenters. The normalized spacial score (nSPS) is 29.3. The second kappa shape index (κ2) is 4.97. The quantitative estimate of drug-likeness (QED) is 0.882. The molecule has 2 aliphatic carbocycles. The Kier molecular flexibility index (Phi) is 3.31. The third kappa shape index (κ3) is 2.27. The fraction of sp³-hybridized carbons (Fsp3) is 0.562. The first-order valence-corrected chi connectivity index (χ1v) is 7.27. The van der Waals surface area contributed by atoms with Crippen molar-refractivity contribution in [2.24, 2.45) is 5.73 Å². The van der Waals surface area contributed by atoms with E-state index in [-0.39, 0.29) is 5.92 Å². The van der Waals surface area contributed by atoms with Gasteiger partial charge >= 0.3 is 0 Å². The summed E-state index contributed by atoms with van der Waals surface area (Å²) in [5.41, 5.74) is 8.49. The molecule has 0 saturated heterocycles. The fourth-order valence-electron chi connectivity index (χ4n) is 3.39. The van der Waals surface area contributed by atoms with Crippen molar-refractivity contribution >= 4 is 5.91 Å². The minimum Gasteiger partial charge on any atom is -0.342 e. The van der Waals surface area contributed by atoms with E-state index < -0.39 is 0 Å². The summed E-state index contributed by atoms with van der Waals surface area (Å²) in [7, 11) is 1.96. The van der Waals surface area contributed by atoms with Crippen LogP contribution in [0, 0.1) is 0 Å². The molecule has 3 nitrogen and oxygen atoms in total. The SMILES string of the molecule is CN(C(=O)C1Cc2ccccc21)C1CCC(N)CC1. The molecule has 19 heavy (non-hydrogen) atoms. The van der Waals surface area contributed by atoms with E-state index in [1.54, 1.807) is 0 Å². The van der Waals surface area contributed by atoms with Gasteiger partial charge in [-0.05, 0) is 43.2 Å². The summed E-state index contributed by atoms with van der Waals surface area (Å²) in [6.45, 7) is 0. The molecule has 0 aromatic heterocycles. The number of likely N-dealkylation sites (N-methyl/N-ethyl adjacent to an activating group) is 1. The van der Waals surface area contributed by atoms with Crippen LogP contribution in [0.2, 0.25) is 0 Å². The van der Waals surface area contributed by atoms with Crippen LogP contribution in [0.5, 0.6) is 0 Å². The van der Waals surface area contributed by atoms with Gasteiger partial charge in [0, 0.05) is 19.1 Å². The Balaban J connectivity index is 1.65. The highest BCUT2D eigenvalue weighted by molar-refractivity contribution is 5.87. The van der Waals surface area contributed by atoms with Gasteiger partial charge in [0.1, 0.15) is 0 Å². The molecule has 3 heteroatoms. The number of hydrogen-bond donors (Lipinski definition) is 1. The molecule has 2 aliphatic rings. The van der Waals surface area contributed by atoms with Crippen LogP contribution in [0.3, 0.4) is 0 Å². The number of nitrogens with zero attached hydrogens (tertiary/aromatic N) is 1. The Morgan fingerprint density at radius 2 is 1.89 bits per heavy atom. The first-order chi connectivity index (χ1) is 9.16. The van der Waals surface area contributed by atoms with Crippen molar-refractivity contribution in [2.45, 2.75) is 50.1 Å². The fourth-order valence-corrected chi connectivity index (χ4v) is 3.39. The molecule has 1 amide bonds. The standard InChI is InChI=1S/C16H22N2O/c1-18(13-8-6-12(17)7-9-13)16(19)15-10-11-4-2-3-5-14(11)15/h2-5,12-13,15H,6-10,17H2,1H3. The van der Waals surface area contributed by atoms with Gasteiger partial charge in [0.15, 0.2) is 0 Å². The molecule has 0 heterocycles. The third-order valence-corrected chi connectivity index (χ3v) is 4.79. The molecule has 0 aliphatic heterocycles. The topological polar surface area (TPSA) is 46.3 Å². The summed E-state index contributed by atoms with van der Waals surface area (Å²) in [4.78, 5) is 14.5. The van der Waals surface area contributed by atoms with Crippen molar-refractivity contribution in [1.82, 2.24) is 4.90 Å². The lowest BCUT2D eigenvalue weighted by atomic mass is 9.76. The number of carbonyl (C=O) groups is 1. The molecule has 0 spiro atoms. The Hall–Kier alpha value is -1.35.